The molecule has 308 valence electrons. The van der Waals surface area contributed by atoms with Crippen LogP contribution in [0.2, 0.25) is 0 Å². The van der Waals surface area contributed by atoms with Crippen molar-refractivity contribution in [3.63, 3.8) is 0 Å². The first kappa shape index (κ1) is 52.5. The smallest absolute Gasteiger partial charge is 0.305 e. The van der Waals surface area contributed by atoms with Gasteiger partial charge in [-0.25, -0.2) is 0 Å². The van der Waals surface area contributed by atoms with Gasteiger partial charge in [-0.1, -0.05) is 193 Å². The van der Waals surface area contributed by atoms with Gasteiger partial charge in [0.05, 0.1) is 13.2 Å². The molecule has 0 atom stereocenters. The third kappa shape index (κ3) is 50.5. The fourth-order valence-electron chi connectivity index (χ4n) is 6.41. The second-order valence-electron chi connectivity index (χ2n) is 15.2. The standard InChI is InChI=1S/C28H54O2.C20H38O2/c1-3-5-7-9-11-13-14-15-16-17-18-19-20-22-24-26-28(29)30-27-25-23-21-12-10-8-6-4-2;1-3-5-6-7-8-9-10-11-12-13-14-15-16-17-18-19-20(21)22-4-2/h15-16H,3-14,17-27H2,1-2H3;11-12H,3-10,13-19H2,1-2H3. The van der Waals surface area contributed by atoms with Crippen LogP contribution in [0.15, 0.2) is 24.3 Å². The highest BCUT2D eigenvalue weighted by Crippen LogP contribution is 2.13. The van der Waals surface area contributed by atoms with Crippen LogP contribution in [0.1, 0.15) is 259 Å². The molecule has 0 unspecified atom stereocenters. The van der Waals surface area contributed by atoms with Crippen LogP contribution in [0, 0.1) is 0 Å². The molecule has 0 spiro atoms. The number of carbonyl (C=O) groups excluding carboxylic acids is 2. The van der Waals surface area contributed by atoms with Crippen LogP contribution in [0.25, 0.3) is 0 Å². The maximum Gasteiger partial charge on any atom is 0.305 e. The molecule has 0 aromatic carbocycles. The van der Waals surface area contributed by atoms with Crippen LogP contribution in [-0.2, 0) is 19.1 Å². The molecule has 0 bridgehead atoms. The lowest BCUT2D eigenvalue weighted by Gasteiger charge is -2.05. The van der Waals surface area contributed by atoms with Gasteiger partial charge in [-0.05, 0) is 77.6 Å². The van der Waals surface area contributed by atoms with Gasteiger partial charge in [0, 0.05) is 12.8 Å². The monoisotopic (exact) mass is 733 g/mol. The first-order chi connectivity index (χ1) is 25.6. The molecule has 0 aliphatic carbocycles. The minimum absolute atomic E-state index is 0.00979. The lowest BCUT2D eigenvalue weighted by Crippen LogP contribution is -2.05. The van der Waals surface area contributed by atoms with Crippen molar-refractivity contribution in [2.75, 3.05) is 13.2 Å². The van der Waals surface area contributed by atoms with Crippen molar-refractivity contribution in [3.8, 4) is 0 Å². The summed E-state index contributed by atoms with van der Waals surface area (Å²) in [6.07, 6.45) is 54.4. The van der Waals surface area contributed by atoms with Crippen LogP contribution in [0.4, 0.5) is 0 Å². The molecule has 0 rings (SSSR count). The Kier molecular flexibility index (Phi) is 49.9. The van der Waals surface area contributed by atoms with Crippen molar-refractivity contribution in [2.45, 2.75) is 259 Å². The van der Waals surface area contributed by atoms with Gasteiger partial charge in [0.2, 0.25) is 0 Å². The molecule has 0 heterocycles. The molecule has 0 amide bonds. The average molecular weight is 733 g/mol. The predicted octanol–water partition coefficient (Wildman–Crippen LogP) is 16.3. The maximum absolute atomic E-state index is 11.8. The lowest BCUT2D eigenvalue weighted by atomic mass is 10.1. The summed E-state index contributed by atoms with van der Waals surface area (Å²) >= 11 is 0. The molecule has 0 saturated carbocycles. The quantitative estimate of drug-likeness (QED) is 0.0357. The molecular formula is C48H92O4. The number of unbranched alkanes of at least 4 members (excludes halogenated alkanes) is 29. The Hall–Kier alpha value is -1.58. The molecule has 4 nitrogen and oxygen atoms in total. The molecule has 0 aliphatic heterocycles. The van der Waals surface area contributed by atoms with Crippen molar-refractivity contribution < 1.29 is 19.1 Å². The van der Waals surface area contributed by atoms with Crippen LogP contribution in [-0.4, -0.2) is 25.2 Å². The van der Waals surface area contributed by atoms with E-state index in [4.69, 9.17) is 9.47 Å². The third-order valence-corrected chi connectivity index (χ3v) is 9.85. The normalized spacial score (nSPS) is 11.3. The SMILES string of the molecule is CCCCCCCCC=CCCCCCCCC(=O)OCC.CCCCCCCCC=CCCCCCCCC(=O)OCCCCCCCCCC. The summed E-state index contributed by atoms with van der Waals surface area (Å²) in [7, 11) is 0. The van der Waals surface area contributed by atoms with Gasteiger partial charge in [0.15, 0.2) is 0 Å². The Bertz CT molecular complexity index is 743. The topological polar surface area (TPSA) is 52.6 Å². The van der Waals surface area contributed by atoms with E-state index >= 15 is 0 Å². The Morgan fingerprint density at radius 1 is 0.327 bits per heavy atom. The van der Waals surface area contributed by atoms with Gasteiger partial charge < -0.3 is 9.47 Å². The van der Waals surface area contributed by atoms with E-state index in [1.807, 2.05) is 6.92 Å². The van der Waals surface area contributed by atoms with E-state index in [-0.39, 0.29) is 11.9 Å². The number of hydrogen-bond acceptors (Lipinski definition) is 4. The fourth-order valence-corrected chi connectivity index (χ4v) is 6.41. The molecule has 0 aromatic rings. The minimum Gasteiger partial charge on any atom is -0.466 e. The summed E-state index contributed by atoms with van der Waals surface area (Å²) in [6.45, 7) is 9.78. The van der Waals surface area contributed by atoms with Crippen molar-refractivity contribution in [2.24, 2.45) is 0 Å². The van der Waals surface area contributed by atoms with Crippen LogP contribution in [0.5, 0.6) is 0 Å². The lowest BCUT2D eigenvalue weighted by molar-refractivity contribution is -0.144. The van der Waals surface area contributed by atoms with E-state index < -0.39 is 0 Å². The highest BCUT2D eigenvalue weighted by Gasteiger charge is 2.03. The van der Waals surface area contributed by atoms with E-state index in [1.54, 1.807) is 0 Å². The fraction of sp³-hybridized carbons (Fsp3) is 0.875. The van der Waals surface area contributed by atoms with E-state index in [0.29, 0.717) is 26.1 Å². The number of hydrogen-bond donors (Lipinski definition) is 0. The van der Waals surface area contributed by atoms with E-state index in [2.05, 4.69) is 45.1 Å². The summed E-state index contributed by atoms with van der Waals surface area (Å²) in [6, 6.07) is 0. The largest absolute Gasteiger partial charge is 0.466 e. The molecule has 0 aromatic heterocycles. The first-order valence-corrected chi connectivity index (χ1v) is 23.2. The highest BCUT2D eigenvalue weighted by molar-refractivity contribution is 5.69. The van der Waals surface area contributed by atoms with Gasteiger partial charge in [-0.3, -0.25) is 9.59 Å². The molecular weight excluding hydrogens is 641 g/mol. The summed E-state index contributed by atoms with van der Waals surface area (Å²) in [5.41, 5.74) is 0. The number of carbonyl (C=O) groups is 2. The zero-order valence-corrected chi connectivity index (χ0v) is 35.8. The van der Waals surface area contributed by atoms with Crippen LogP contribution >= 0.6 is 0 Å². The summed E-state index contributed by atoms with van der Waals surface area (Å²) < 4.78 is 10.3. The maximum atomic E-state index is 11.8. The van der Waals surface area contributed by atoms with E-state index in [0.717, 1.165) is 32.1 Å². The Morgan fingerprint density at radius 2 is 0.596 bits per heavy atom. The van der Waals surface area contributed by atoms with Crippen molar-refractivity contribution in [1.82, 2.24) is 0 Å². The molecule has 52 heavy (non-hydrogen) atoms. The number of allylic oxidation sites excluding steroid dienone is 4. The van der Waals surface area contributed by atoms with Crippen molar-refractivity contribution in [1.29, 1.82) is 0 Å². The molecule has 0 fully saturated rings. The van der Waals surface area contributed by atoms with Crippen LogP contribution in [0.3, 0.4) is 0 Å². The van der Waals surface area contributed by atoms with Crippen LogP contribution < -0.4 is 0 Å². The molecule has 4 heteroatoms. The number of ether oxygens (including phenoxy) is 2. The van der Waals surface area contributed by atoms with Gasteiger partial charge in [0.25, 0.3) is 0 Å². The predicted molar refractivity (Wildman–Crippen MR) is 229 cm³/mol. The Labute approximate surface area is 326 Å². The van der Waals surface area contributed by atoms with Crippen molar-refractivity contribution >= 4 is 11.9 Å². The van der Waals surface area contributed by atoms with Gasteiger partial charge in [-0.2, -0.15) is 0 Å². The molecule has 0 aliphatic rings. The van der Waals surface area contributed by atoms with Gasteiger partial charge in [-0.15, -0.1) is 0 Å². The summed E-state index contributed by atoms with van der Waals surface area (Å²) in [5, 5.41) is 0. The highest BCUT2D eigenvalue weighted by atomic mass is 16.5. The Balaban J connectivity index is 0. The first-order valence-electron chi connectivity index (χ1n) is 23.2. The molecule has 0 radical (unpaired) electrons. The summed E-state index contributed by atoms with van der Waals surface area (Å²) in [4.78, 5) is 22.9. The van der Waals surface area contributed by atoms with E-state index in [9.17, 15) is 9.59 Å². The average Bonchev–Trinajstić information content (AvgIpc) is 3.14. The van der Waals surface area contributed by atoms with Crippen molar-refractivity contribution in [3.05, 3.63) is 24.3 Å². The second kappa shape index (κ2) is 49.4. The minimum atomic E-state index is -0.0415. The molecule has 0 saturated heterocycles. The van der Waals surface area contributed by atoms with Gasteiger partial charge in [0.1, 0.15) is 0 Å². The second-order valence-corrected chi connectivity index (χ2v) is 15.2. The zero-order chi connectivity index (χ0) is 38.3. The molecule has 0 N–H and O–H groups in total. The van der Waals surface area contributed by atoms with Gasteiger partial charge >= 0.3 is 11.9 Å². The Morgan fingerprint density at radius 3 is 0.923 bits per heavy atom. The zero-order valence-electron chi connectivity index (χ0n) is 35.8. The number of esters is 2. The summed E-state index contributed by atoms with van der Waals surface area (Å²) in [5.74, 6) is -0.0318. The number of rotatable bonds is 40. The van der Waals surface area contributed by atoms with E-state index in [1.165, 1.54) is 186 Å². The third-order valence-electron chi connectivity index (χ3n) is 9.85.